The SMILES string of the molecule is CC(C=O)[C@H]1CC[C@H]2[C@@H]3CC[C@H]4C[C@@](C)(O)CC[C@]4(C)[C@H]3CC[C@]12C.CCCCN/C(=C1/C=C(Cl)C=CC1=O)c1ccccc1Cl. The van der Waals surface area contributed by atoms with Crippen LogP contribution < -0.4 is 5.32 Å². The molecule has 4 saturated carbocycles. The molecule has 4 nitrogen and oxygen atoms in total. The number of benzene rings is 1. The third-order valence-electron chi connectivity index (χ3n) is 13.1. The highest BCUT2D eigenvalue weighted by Crippen LogP contribution is 2.68. The zero-order valence-corrected chi connectivity index (χ0v) is 30.1. The second kappa shape index (κ2) is 14.3. The van der Waals surface area contributed by atoms with Crippen LogP contribution in [0.2, 0.25) is 5.02 Å². The Morgan fingerprint density at radius 2 is 1.74 bits per heavy atom. The minimum Gasteiger partial charge on any atom is -0.390 e. The van der Waals surface area contributed by atoms with Crippen molar-refractivity contribution in [3.8, 4) is 0 Å². The van der Waals surface area contributed by atoms with Gasteiger partial charge in [0.15, 0.2) is 5.78 Å². The van der Waals surface area contributed by atoms with Crippen molar-refractivity contribution in [2.24, 2.45) is 46.3 Å². The lowest BCUT2D eigenvalue weighted by Crippen LogP contribution is -2.55. The van der Waals surface area contributed by atoms with E-state index in [9.17, 15) is 14.7 Å². The molecule has 0 radical (unpaired) electrons. The predicted molar refractivity (Wildman–Crippen MR) is 190 cm³/mol. The van der Waals surface area contributed by atoms with E-state index in [0.717, 1.165) is 61.2 Å². The summed E-state index contributed by atoms with van der Waals surface area (Å²) in [7, 11) is 0. The van der Waals surface area contributed by atoms with E-state index in [0.29, 0.717) is 38.3 Å². The Morgan fingerprint density at radius 3 is 2.46 bits per heavy atom. The topological polar surface area (TPSA) is 66.4 Å². The van der Waals surface area contributed by atoms with E-state index in [1.165, 1.54) is 57.3 Å². The molecule has 0 heterocycles. The number of allylic oxidation sites excluding steroid dienone is 5. The highest BCUT2D eigenvalue weighted by molar-refractivity contribution is 6.34. The molecule has 1 aromatic rings. The average Bonchev–Trinajstić information content (AvgIpc) is 3.39. The normalized spacial score (nSPS) is 38.3. The summed E-state index contributed by atoms with van der Waals surface area (Å²) in [6.45, 7) is 12.2. The summed E-state index contributed by atoms with van der Waals surface area (Å²) in [6.07, 6.45) is 19.2. The van der Waals surface area contributed by atoms with Gasteiger partial charge in [-0.15, -0.1) is 0 Å². The zero-order valence-electron chi connectivity index (χ0n) is 28.6. The summed E-state index contributed by atoms with van der Waals surface area (Å²) >= 11 is 12.3. The zero-order chi connectivity index (χ0) is 33.3. The summed E-state index contributed by atoms with van der Waals surface area (Å²) in [5, 5.41) is 15.1. The quantitative estimate of drug-likeness (QED) is 0.173. The Bertz CT molecular complexity index is 1380. The van der Waals surface area contributed by atoms with Crippen LogP contribution in [0.4, 0.5) is 0 Å². The second-order valence-corrected chi connectivity index (χ2v) is 16.7. The van der Waals surface area contributed by atoms with Gasteiger partial charge in [0, 0.05) is 33.7 Å². The molecule has 0 bridgehead atoms. The number of fused-ring (bicyclic) bond motifs is 5. The number of nitrogens with one attached hydrogen (secondary N) is 1. The molecule has 4 fully saturated rings. The van der Waals surface area contributed by atoms with Gasteiger partial charge >= 0.3 is 0 Å². The maximum absolute atomic E-state index is 12.2. The van der Waals surface area contributed by atoms with Crippen LogP contribution >= 0.6 is 23.2 Å². The monoisotopic (exact) mass is 667 g/mol. The van der Waals surface area contributed by atoms with Gasteiger partial charge in [-0.3, -0.25) is 4.79 Å². The summed E-state index contributed by atoms with van der Waals surface area (Å²) in [5.74, 6) is 4.03. The van der Waals surface area contributed by atoms with Gasteiger partial charge in [0.05, 0.1) is 11.3 Å². The molecule has 9 atom stereocenters. The molecule has 6 rings (SSSR count). The first-order valence-electron chi connectivity index (χ1n) is 17.8. The molecular weight excluding hydrogens is 613 g/mol. The third-order valence-corrected chi connectivity index (χ3v) is 13.6. The summed E-state index contributed by atoms with van der Waals surface area (Å²) in [6, 6.07) is 7.48. The number of carbonyl (C=O) groups is 2. The van der Waals surface area contributed by atoms with Crippen LogP contribution in [0.5, 0.6) is 0 Å². The van der Waals surface area contributed by atoms with Crippen molar-refractivity contribution in [2.75, 3.05) is 6.54 Å². The van der Waals surface area contributed by atoms with Crippen LogP contribution in [0.1, 0.15) is 111 Å². The lowest BCUT2D eigenvalue weighted by atomic mass is 9.43. The van der Waals surface area contributed by atoms with Crippen molar-refractivity contribution < 1.29 is 14.7 Å². The first-order chi connectivity index (χ1) is 21.8. The number of aldehydes is 1. The summed E-state index contributed by atoms with van der Waals surface area (Å²) in [4.78, 5) is 23.6. The van der Waals surface area contributed by atoms with Gasteiger partial charge in [0.25, 0.3) is 0 Å². The van der Waals surface area contributed by atoms with E-state index in [4.69, 9.17) is 23.2 Å². The fourth-order valence-electron chi connectivity index (χ4n) is 10.5. The van der Waals surface area contributed by atoms with Crippen molar-refractivity contribution >= 4 is 41.0 Å². The number of halogens is 2. The predicted octanol–water partition coefficient (Wildman–Crippen LogP) is 9.93. The average molecular weight is 669 g/mol. The number of unbranched alkanes of at least 4 members (excludes halogenated alkanes) is 1. The molecule has 1 unspecified atom stereocenters. The van der Waals surface area contributed by atoms with Gasteiger partial charge < -0.3 is 15.2 Å². The number of carbonyl (C=O) groups excluding carboxylic acids is 2. The summed E-state index contributed by atoms with van der Waals surface area (Å²) in [5.41, 5.74) is 2.51. The molecule has 5 aliphatic carbocycles. The van der Waals surface area contributed by atoms with Gasteiger partial charge in [0.1, 0.15) is 6.29 Å². The van der Waals surface area contributed by atoms with Crippen molar-refractivity contribution in [2.45, 2.75) is 111 Å². The van der Waals surface area contributed by atoms with Crippen LogP contribution in [0, 0.1) is 46.3 Å². The molecule has 0 spiro atoms. The number of ketones is 1. The van der Waals surface area contributed by atoms with Crippen LogP contribution in [-0.4, -0.2) is 29.3 Å². The van der Waals surface area contributed by atoms with E-state index in [2.05, 4.69) is 39.9 Å². The third kappa shape index (κ3) is 6.96. The van der Waals surface area contributed by atoms with Crippen LogP contribution in [0.3, 0.4) is 0 Å². The number of rotatable bonds is 7. The molecule has 2 N–H and O–H groups in total. The van der Waals surface area contributed by atoms with Crippen molar-refractivity contribution in [1.29, 1.82) is 0 Å². The lowest BCUT2D eigenvalue weighted by Gasteiger charge is -2.62. The van der Waals surface area contributed by atoms with Gasteiger partial charge in [-0.25, -0.2) is 0 Å². The Kier molecular flexibility index (Phi) is 11.0. The number of aliphatic hydroxyl groups is 1. The van der Waals surface area contributed by atoms with Crippen molar-refractivity contribution in [3.05, 3.63) is 63.7 Å². The van der Waals surface area contributed by atoms with E-state index in [-0.39, 0.29) is 11.7 Å². The van der Waals surface area contributed by atoms with Crippen molar-refractivity contribution in [1.82, 2.24) is 5.32 Å². The van der Waals surface area contributed by atoms with E-state index in [1.807, 2.05) is 24.3 Å². The van der Waals surface area contributed by atoms with Gasteiger partial charge in [-0.2, -0.15) is 0 Å². The Labute approximate surface area is 287 Å². The Morgan fingerprint density at radius 1 is 1.00 bits per heavy atom. The van der Waals surface area contributed by atoms with E-state index >= 15 is 0 Å². The highest BCUT2D eigenvalue weighted by atomic mass is 35.5. The molecule has 252 valence electrons. The Hall–Kier alpha value is -1.88. The molecule has 0 saturated heterocycles. The molecule has 1 aromatic carbocycles. The molecule has 0 aromatic heterocycles. The fraction of sp³-hybridized carbons (Fsp3) is 0.650. The second-order valence-electron chi connectivity index (χ2n) is 15.9. The van der Waals surface area contributed by atoms with Crippen LogP contribution in [0.25, 0.3) is 5.70 Å². The first-order valence-corrected chi connectivity index (χ1v) is 18.6. The van der Waals surface area contributed by atoms with Gasteiger partial charge in [-0.05, 0) is 136 Å². The molecule has 5 aliphatic rings. The largest absolute Gasteiger partial charge is 0.390 e. The van der Waals surface area contributed by atoms with E-state index in [1.54, 1.807) is 12.2 Å². The first kappa shape index (κ1) is 35.4. The molecule has 6 heteroatoms. The summed E-state index contributed by atoms with van der Waals surface area (Å²) < 4.78 is 0. The lowest BCUT2D eigenvalue weighted by molar-refractivity contribution is -0.148. The van der Waals surface area contributed by atoms with Crippen LogP contribution in [0.15, 0.2) is 53.1 Å². The van der Waals surface area contributed by atoms with Gasteiger partial charge in [-0.1, -0.05) is 75.5 Å². The minimum atomic E-state index is -0.432. The smallest absolute Gasteiger partial charge is 0.188 e. The maximum Gasteiger partial charge on any atom is 0.188 e. The standard InChI is InChI=1S/C23H38O2.C17H17Cl2NO/c1-15(14-24)18-7-8-19-17-6-5-16-13-21(2,25)11-12-22(16,3)20(17)9-10-23(18,19)4;1-2-3-10-20-17(13-6-4-5-7-15(13)19)14-11-12(18)8-9-16(14)21/h14-20,25H,5-13H2,1-4H3;4-9,11,20H,2-3,10H2,1H3/b;17-14-/t15?,16-,17-,18+,19-,20-,21-,22-,23+;/m0./s1. The van der Waals surface area contributed by atoms with Crippen molar-refractivity contribution in [3.63, 3.8) is 0 Å². The highest BCUT2D eigenvalue weighted by Gasteiger charge is 2.61. The molecule has 0 aliphatic heterocycles. The van der Waals surface area contributed by atoms with E-state index < -0.39 is 5.60 Å². The molecule has 46 heavy (non-hydrogen) atoms. The fourth-order valence-corrected chi connectivity index (χ4v) is 10.9. The van der Waals surface area contributed by atoms with Gasteiger partial charge in [0.2, 0.25) is 0 Å². The molecular formula is C40H55Cl2NO3. The number of hydrogen-bond acceptors (Lipinski definition) is 4. The Balaban J connectivity index is 0.000000184. The minimum absolute atomic E-state index is 0.0710. The molecule has 0 amide bonds. The number of hydrogen-bond donors (Lipinski definition) is 2. The van der Waals surface area contributed by atoms with Crippen LogP contribution in [-0.2, 0) is 9.59 Å². The maximum atomic E-state index is 12.2.